The third-order valence-electron chi connectivity index (χ3n) is 5.70. The first-order chi connectivity index (χ1) is 17.3. The summed E-state index contributed by atoms with van der Waals surface area (Å²) in [5.74, 6) is 5.62. The molecule has 1 amide bonds. The monoisotopic (exact) mass is 513 g/mol. The topological polar surface area (TPSA) is 105 Å². The van der Waals surface area contributed by atoms with Crippen LogP contribution in [0.4, 0.5) is 18.9 Å². The number of hydrazine groups is 1. The predicted molar refractivity (Wildman–Crippen MR) is 138 cm³/mol. The van der Waals surface area contributed by atoms with Gasteiger partial charge in [-0.15, -0.1) is 0 Å². The molecule has 1 aliphatic carbocycles. The number of anilines is 1. The molecule has 196 valence electrons. The van der Waals surface area contributed by atoms with Crippen LogP contribution >= 0.6 is 0 Å². The van der Waals surface area contributed by atoms with E-state index in [1.54, 1.807) is 49.1 Å². The Labute approximate surface area is 213 Å². The average Bonchev–Trinajstić information content (AvgIpc) is 3.00. The third kappa shape index (κ3) is 6.79. The molecule has 0 atom stereocenters. The van der Waals surface area contributed by atoms with E-state index in [-0.39, 0.29) is 17.8 Å². The molecule has 0 radical (unpaired) electrons. The van der Waals surface area contributed by atoms with Gasteiger partial charge in [-0.3, -0.25) is 14.5 Å². The van der Waals surface area contributed by atoms with Gasteiger partial charge in [-0.25, -0.2) is 5.84 Å². The lowest BCUT2D eigenvalue weighted by atomic mass is 10.1. The van der Waals surface area contributed by atoms with Crippen LogP contribution in [0.2, 0.25) is 0 Å². The zero-order chi connectivity index (χ0) is 27.5. The Bertz CT molecular complexity index is 1360. The molecule has 37 heavy (non-hydrogen) atoms. The number of likely N-dealkylation sites (N-methyl/N-ethyl adjacent to an activating group) is 1. The lowest BCUT2D eigenvalue weighted by Gasteiger charge is -2.19. The molecule has 0 unspecified atom stereocenters. The second-order valence-corrected chi connectivity index (χ2v) is 8.97. The van der Waals surface area contributed by atoms with Gasteiger partial charge in [0.1, 0.15) is 0 Å². The maximum atomic E-state index is 13.6. The Kier molecular flexibility index (Phi) is 8.12. The van der Waals surface area contributed by atoms with E-state index in [1.807, 2.05) is 13.8 Å². The van der Waals surface area contributed by atoms with Crippen molar-refractivity contribution < 1.29 is 18.0 Å². The summed E-state index contributed by atoms with van der Waals surface area (Å²) >= 11 is 0. The maximum absolute atomic E-state index is 13.6. The smallest absolute Gasteiger partial charge is 0.397 e. The Morgan fingerprint density at radius 2 is 1.95 bits per heavy atom. The van der Waals surface area contributed by atoms with E-state index in [0.29, 0.717) is 22.5 Å². The van der Waals surface area contributed by atoms with Crippen molar-refractivity contribution in [1.82, 2.24) is 20.0 Å². The van der Waals surface area contributed by atoms with Crippen LogP contribution in [0.1, 0.15) is 27.2 Å². The zero-order valence-electron chi connectivity index (χ0n) is 21.3. The Balaban J connectivity index is 1.88. The SMILES string of the molecule is Cc1ccc(C(=O)NC2=C=CC(CN(C)C)=CC(C(F)(F)F)=C2)cc1N(N)/C=C(\N)c1cnn(C)c1C. The van der Waals surface area contributed by atoms with Crippen molar-refractivity contribution in [2.45, 2.75) is 20.0 Å². The molecule has 0 bridgehead atoms. The summed E-state index contributed by atoms with van der Waals surface area (Å²) in [6, 6.07) is 4.79. The number of benzene rings is 1. The van der Waals surface area contributed by atoms with Crippen molar-refractivity contribution in [3.05, 3.63) is 93.8 Å². The molecule has 2 aromatic rings. The normalized spacial score (nSPS) is 14.2. The highest BCUT2D eigenvalue weighted by atomic mass is 19.4. The number of hydrogen-bond acceptors (Lipinski definition) is 6. The van der Waals surface area contributed by atoms with Crippen LogP contribution in [0, 0.1) is 13.8 Å². The van der Waals surface area contributed by atoms with Crippen LogP contribution in [0.5, 0.6) is 0 Å². The molecular formula is C26H30F3N7O. The second-order valence-electron chi connectivity index (χ2n) is 8.97. The summed E-state index contributed by atoms with van der Waals surface area (Å²) in [4.78, 5) is 14.7. The number of hydrogen-bond donors (Lipinski definition) is 3. The molecule has 0 spiro atoms. The molecule has 5 N–H and O–H groups in total. The molecule has 3 rings (SSSR count). The molecule has 0 aliphatic heterocycles. The molecule has 8 nitrogen and oxygen atoms in total. The summed E-state index contributed by atoms with van der Waals surface area (Å²) in [6.45, 7) is 3.96. The van der Waals surface area contributed by atoms with E-state index in [4.69, 9.17) is 11.6 Å². The van der Waals surface area contributed by atoms with Gasteiger partial charge in [-0.2, -0.15) is 18.3 Å². The third-order valence-corrected chi connectivity index (χ3v) is 5.70. The highest BCUT2D eigenvalue weighted by molar-refractivity contribution is 5.96. The quantitative estimate of drug-likeness (QED) is 0.298. The van der Waals surface area contributed by atoms with Crippen LogP contribution < -0.4 is 21.9 Å². The fourth-order valence-electron chi connectivity index (χ4n) is 3.64. The highest BCUT2D eigenvalue weighted by Crippen LogP contribution is 2.30. The second kappa shape index (κ2) is 10.9. The number of nitrogens with one attached hydrogen (secondary N) is 1. The van der Waals surface area contributed by atoms with E-state index in [1.165, 1.54) is 23.4 Å². The van der Waals surface area contributed by atoms with E-state index >= 15 is 0 Å². The summed E-state index contributed by atoms with van der Waals surface area (Å²) < 4.78 is 42.4. The zero-order valence-corrected chi connectivity index (χ0v) is 21.3. The first kappa shape index (κ1) is 27.5. The van der Waals surface area contributed by atoms with Gasteiger partial charge in [0.25, 0.3) is 5.91 Å². The maximum Gasteiger partial charge on any atom is 0.416 e. The molecule has 1 heterocycles. The van der Waals surface area contributed by atoms with Gasteiger partial charge >= 0.3 is 6.18 Å². The van der Waals surface area contributed by atoms with Gasteiger partial charge in [0.2, 0.25) is 0 Å². The lowest BCUT2D eigenvalue weighted by molar-refractivity contribution is -0.0883. The molecule has 11 heteroatoms. The number of nitrogens with two attached hydrogens (primary N) is 2. The Morgan fingerprint density at radius 1 is 1.24 bits per heavy atom. The van der Waals surface area contributed by atoms with Crippen molar-refractivity contribution in [3.8, 4) is 0 Å². The van der Waals surface area contributed by atoms with Crippen LogP contribution in [-0.2, 0) is 7.05 Å². The number of carbonyl (C=O) groups excluding carboxylic acids is 1. The van der Waals surface area contributed by atoms with Crippen LogP contribution in [0.15, 0.2) is 71.4 Å². The van der Waals surface area contributed by atoms with Crippen molar-refractivity contribution in [1.29, 1.82) is 0 Å². The number of alkyl halides is 3. The van der Waals surface area contributed by atoms with Crippen LogP contribution in [-0.4, -0.2) is 47.4 Å². The highest BCUT2D eigenvalue weighted by Gasteiger charge is 2.33. The van der Waals surface area contributed by atoms with E-state index in [9.17, 15) is 18.0 Å². The molecule has 0 saturated carbocycles. The molecule has 0 saturated heterocycles. The number of allylic oxidation sites excluding steroid dienone is 2. The van der Waals surface area contributed by atoms with Crippen molar-refractivity contribution in [2.75, 3.05) is 25.6 Å². The van der Waals surface area contributed by atoms with E-state index < -0.39 is 17.7 Å². The number of aryl methyl sites for hydroxylation is 2. The number of carbonyl (C=O) groups is 1. The minimum Gasteiger partial charge on any atom is -0.397 e. The largest absolute Gasteiger partial charge is 0.416 e. The number of aromatic nitrogens is 2. The van der Waals surface area contributed by atoms with Gasteiger partial charge in [-0.05, 0) is 69.4 Å². The van der Waals surface area contributed by atoms with E-state index in [0.717, 1.165) is 23.4 Å². The lowest BCUT2D eigenvalue weighted by Crippen LogP contribution is -2.28. The van der Waals surface area contributed by atoms with Gasteiger partial charge in [-0.1, -0.05) is 11.8 Å². The molecule has 1 aliphatic rings. The summed E-state index contributed by atoms with van der Waals surface area (Å²) in [5.41, 5.74) is 11.8. The van der Waals surface area contributed by atoms with Crippen molar-refractivity contribution in [3.63, 3.8) is 0 Å². The Morgan fingerprint density at radius 3 is 2.54 bits per heavy atom. The van der Waals surface area contributed by atoms with E-state index in [2.05, 4.69) is 16.1 Å². The van der Waals surface area contributed by atoms with Crippen LogP contribution in [0.3, 0.4) is 0 Å². The summed E-state index contributed by atoms with van der Waals surface area (Å²) in [7, 11) is 5.29. The fourth-order valence-corrected chi connectivity index (χ4v) is 3.64. The number of rotatable bonds is 7. The summed E-state index contributed by atoms with van der Waals surface area (Å²) in [5, 5.41) is 7.97. The fraction of sp³-hybridized carbons (Fsp3) is 0.269. The Hall–Kier alpha value is -4.05. The molecule has 0 fully saturated rings. The van der Waals surface area contributed by atoms with Gasteiger partial charge in [0, 0.05) is 36.6 Å². The standard InChI is InChI=1S/C26H30F3N7O/c1-16-6-8-19(11-24(16)36(31)15-23(30)22-13-32-35(5)17(22)2)25(37)33-21-9-7-18(14-34(3)4)10-20(12-21)26(27,28)29/h6-8,10-13,15H,14,30-31H2,1-5H3,(H,33,37)/b23-15-. The van der Waals surface area contributed by atoms with Gasteiger partial charge < -0.3 is 16.0 Å². The molecular weight excluding hydrogens is 483 g/mol. The number of nitrogens with zero attached hydrogens (tertiary/aromatic N) is 4. The van der Waals surface area contributed by atoms with Crippen molar-refractivity contribution in [2.24, 2.45) is 18.6 Å². The minimum absolute atomic E-state index is 0.106. The van der Waals surface area contributed by atoms with Crippen molar-refractivity contribution >= 4 is 17.3 Å². The number of amides is 1. The minimum atomic E-state index is -4.59. The molecule has 1 aromatic heterocycles. The van der Waals surface area contributed by atoms with Gasteiger partial charge in [0.15, 0.2) is 0 Å². The first-order valence-electron chi connectivity index (χ1n) is 11.3. The average molecular weight is 514 g/mol. The first-order valence-corrected chi connectivity index (χ1v) is 11.3. The summed E-state index contributed by atoms with van der Waals surface area (Å²) in [6.07, 6.45) is 1.89. The molecule has 1 aromatic carbocycles. The number of halogens is 3. The van der Waals surface area contributed by atoms with Crippen LogP contribution in [0.25, 0.3) is 5.70 Å². The van der Waals surface area contributed by atoms with Gasteiger partial charge in [0.05, 0.1) is 28.9 Å². The predicted octanol–water partition coefficient (Wildman–Crippen LogP) is 3.43.